The van der Waals surface area contributed by atoms with E-state index >= 15 is 0 Å². The molecule has 4 rings (SSSR count). The van der Waals surface area contributed by atoms with Gasteiger partial charge in [0.05, 0.1) is 18.0 Å². The van der Waals surface area contributed by atoms with Crippen LogP contribution >= 0.6 is 11.3 Å². The number of rotatable bonds is 10. The average Bonchev–Trinajstić information content (AvgIpc) is 3.46. The highest BCUT2D eigenvalue weighted by Gasteiger charge is 2.16. The number of hydrogen-bond acceptors (Lipinski definition) is 7. The van der Waals surface area contributed by atoms with Gasteiger partial charge in [0.2, 0.25) is 5.89 Å². The van der Waals surface area contributed by atoms with Crippen LogP contribution in [0.4, 0.5) is 0 Å². The van der Waals surface area contributed by atoms with Crippen molar-refractivity contribution < 1.29 is 13.9 Å². The second-order valence-electron chi connectivity index (χ2n) is 6.70. The molecule has 154 valence electrons. The van der Waals surface area contributed by atoms with Gasteiger partial charge in [0.15, 0.2) is 0 Å². The quantitative estimate of drug-likeness (QED) is 0.349. The number of methoxy groups -OCH3 is 1. The Labute approximate surface area is 179 Å². The molecule has 6 nitrogen and oxygen atoms in total. The van der Waals surface area contributed by atoms with E-state index in [0.29, 0.717) is 31.5 Å². The topological polar surface area (TPSA) is 60.6 Å². The first-order valence-corrected chi connectivity index (χ1v) is 10.6. The van der Waals surface area contributed by atoms with E-state index in [0.717, 1.165) is 28.5 Å². The average molecular weight is 422 g/mol. The van der Waals surface area contributed by atoms with E-state index in [-0.39, 0.29) is 0 Å². The normalized spacial score (nSPS) is 11.1. The molecule has 0 atom stereocenters. The van der Waals surface area contributed by atoms with Crippen molar-refractivity contribution in [2.45, 2.75) is 13.1 Å². The molecular formula is C23H23N3O3S. The highest BCUT2D eigenvalue weighted by atomic mass is 32.1. The van der Waals surface area contributed by atoms with E-state index in [1.807, 2.05) is 66.0 Å². The van der Waals surface area contributed by atoms with Crippen molar-refractivity contribution in [3.63, 3.8) is 0 Å². The summed E-state index contributed by atoms with van der Waals surface area (Å²) in [7, 11) is 1.70. The van der Waals surface area contributed by atoms with E-state index in [2.05, 4.69) is 21.2 Å². The molecule has 0 bridgehead atoms. The fourth-order valence-electron chi connectivity index (χ4n) is 3.03. The molecule has 0 fully saturated rings. The maximum absolute atomic E-state index is 6.11. The third-order valence-electron chi connectivity index (χ3n) is 4.51. The first-order chi connectivity index (χ1) is 14.8. The zero-order chi connectivity index (χ0) is 20.6. The van der Waals surface area contributed by atoms with Crippen LogP contribution < -0.4 is 4.74 Å². The number of ether oxygens (including phenoxy) is 2. The molecule has 0 spiro atoms. The SMILES string of the molecule is COCCN(Cc1nnc(-c2cccs2)o1)Cc1ccccc1Oc1ccccc1. The van der Waals surface area contributed by atoms with Gasteiger partial charge >= 0.3 is 0 Å². The number of para-hydroxylation sites is 2. The molecular weight excluding hydrogens is 398 g/mol. The Bertz CT molecular complexity index is 1030. The van der Waals surface area contributed by atoms with Crippen molar-refractivity contribution in [1.82, 2.24) is 15.1 Å². The molecule has 0 amide bonds. The Morgan fingerprint density at radius 3 is 2.57 bits per heavy atom. The van der Waals surface area contributed by atoms with Gasteiger partial charge in [0.1, 0.15) is 11.5 Å². The molecule has 2 heterocycles. The third-order valence-corrected chi connectivity index (χ3v) is 5.36. The summed E-state index contributed by atoms with van der Waals surface area (Å²) in [5, 5.41) is 10.4. The Balaban J connectivity index is 1.49. The lowest BCUT2D eigenvalue weighted by Gasteiger charge is -2.21. The maximum atomic E-state index is 6.11. The minimum absolute atomic E-state index is 0.529. The minimum atomic E-state index is 0.529. The monoisotopic (exact) mass is 421 g/mol. The predicted octanol–water partition coefficient (Wildman–Crippen LogP) is 5.24. The number of benzene rings is 2. The summed E-state index contributed by atoms with van der Waals surface area (Å²) in [6.45, 7) is 2.53. The minimum Gasteiger partial charge on any atom is -0.457 e. The van der Waals surface area contributed by atoms with Gasteiger partial charge in [-0.2, -0.15) is 0 Å². The molecule has 0 unspecified atom stereocenters. The van der Waals surface area contributed by atoms with Gasteiger partial charge in [0, 0.05) is 25.8 Å². The van der Waals surface area contributed by atoms with Gasteiger partial charge in [-0.15, -0.1) is 21.5 Å². The van der Waals surface area contributed by atoms with Crippen molar-refractivity contribution >= 4 is 11.3 Å². The molecule has 0 aliphatic heterocycles. The van der Waals surface area contributed by atoms with Crippen molar-refractivity contribution in [2.24, 2.45) is 0 Å². The molecule has 30 heavy (non-hydrogen) atoms. The predicted molar refractivity (Wildman–Crippen MR) is 117 cm³/mol. The first kappa shape index (κ1) is 20.3. The zero-order valence-corrected chi connectivity index (χ0v) is 17.5. The Morgan fingerprint density at radius 2 is 1.77 bits per heavy atom. The summed E-state index contributed by atoms with van der Waals surface area (Å²) in [5.74, 6) is 2.78. The van der Waals surface area contributed by atoms with Crippen LogP contribution in [0.1, 0.15) is 11.5 Å². The van der Waals surface area contributed by atoms with E-state index < -0.39 is 0 Å². The highest BCUT2D eigenvalue weighted by Crippen LogP contribution is 2.27. The largest absolute Gasteiger partial charge is 0.457 e. The van der Waals surface area contributed by atoms with Crippen molar-refractivity contribution in [1.29, 1.82) is 0 Å². The lowest BCUT2D eigenvalue weighted by molar-refractivity contribution is 0.133. The smallest absolute Gasteiger partial charge is 0.257 e. The van der Waals surface area contributed by atoms with Gasteiger partial charge in [-0.05, 0) is 29.6 Å². The van der Waals surface area contributed by atoms with Gasteiger partial charge in [-0.1, -0.05) is 42.5 Å². The van der Waals surface area contributed by atoms with Crippen LogP contribution in [-0.4, -0.2) is 35.4 Å². The molecule has 7 heteroatoms. The summed E-state index contributed by atoms with van der Waals surface area (Å²) < 4.78 is 17.3. The lowest BCUT2D eigenvalue weighted by Crippen LogP contribution is -2.27. The Kier molecular flexibility index (Phi) is 6.87. The summed E-state index contributed by atoms with van der Waals surface area (Å²) in [4.78, 5) is 3.18. The van der Waals surface area contributed by atoms with Gasteiger partial charge in [-0.25, -0.2) is 0 Å². The second-order valence-corrected chi connectivity index (χ2v) is 7.65. The molecule has 0 N–H and O–H groups in total. The number of aromatic nitrogens is 2. The summed E-state index contributed by atoms with van der Waals surface area (Å²) >= 11 is 1.58. The number of hydrogen-bond donors (Lipinski definition) is 0. The van der Waals surface area contributed by atoms with Crippen molar-refractivity contribution in [3.05, 3.63) is 83.6 Å². The van der Waals surface area contributed by atoms with E-state index in [1.54, 1.807) is 18.4 Å². The molecule has 4 aromatic rings. The Morgan fingerprint density at radius 1 is 0.933 bits per heavy atom. The molecule has 0 radical (unpaired) electrons. The molecule has 2 aromatic carbocycles. The molecule has 0 saturated carbocycles. The van der Waals surface area contributed by atoms with Crippen LogP contribution in [0.5, 0.6) is 11.5 Å². The third kappa shape index (κ3) is 5.33. The molecule has 2 aromatic heterocycles. The molecule has 0 aliphatic carbocycles. The van der Waals surface area contributed by atoms with E-state index in [4.69, 9.17) is 13.9 Å². The van der Waals surface area contributed by atoms with Crippen molar-refractivity contribution in [2.75, 3.05) is 20.3 Å². The van der Waals surface area contributed by atoms with Crippen LogP contribution in [0.25, 0.3) is 10.8 Å². The van der Waals surface area contributed by atoms with Gasteiger partial charge in [0.25, 0.3) is 5.89 Å². The van der Waals surface area contributed by atoms with Crippen LogP contribution in [0.3, 0.4) is 0 Å². The van der Waals surface area contributed by atoms with Crippen LogP contribution in [0.2, 0.25) is 0 Å². The summed E-state index contributed by atoms with van der Waals surface area (Å²) in [6.07, 6.45) is 0. The van der Waals surface area contributed by atoms with Gasteiger partial charge < -0.3 is 13.9 Å². The summed E-state index contributed by atoms with van der Waals surface area (Å²) in [5.41, 5.74) is 1.08. The molecule has 0 aliphatic rings. The summed E-state index contributed by atoms with van der Waals surface area (Å²) in [6, 6.07) is 21.8. The number of nitrogens with zero attached hydrogens (tertiary/aromatic N) is 3. The van der Waals surface area contributed by atoms with Crippen LogP contribution in [0, 0.1) is 0 Å². The van der Waals surface area contributed by atoms with Crippen LogP contribution in [0.15, 0.2) is 76.5 Å². The molecule has 0 saturated heterocycles. The standard InChI is InChI=1S/C23H23N3O3S/c1-27-14-13-26(17-22-24-25-23(29-22)21-12-7-15-30-21)16-18-8-5-6-11-20(18)28-19-9-3-2-4-10-19/h2-12,15H,13-14,16-17H2,1H3. The fourth-order valence-corrected chi connectivity index (χ4v) is 3.68. The highest BCUT2D eigenvalue weighted by molar-refractivity contribution is 7.13. The maximum Gasteiger partial charge on any atom is 0.257 e. The zero-order valence-electron chi connectivity index (χ0n) is 16.7. The second kappa shape index (κ2) is 10.2. The lowest BCUT2D eigenvalue weighted by atomic mass is 10.2. The first-order valence-electron chi connectivity index (χ1n) is 9.70. The number of thiophene rings is 1. The van der Waals surface area contributed by atoms with Crippen molar-refractivity contribution in [3.8, 4) is 22.3 Å². The Hall–Kier alpha value is -3.00. The van der Waals surface area contributed by atoms with E-state index in [1.165, 1.54) is 0 Å². The van der Waals surface area contributed by atoms with Crippen LogP contribution in [-0.2, 0) is 17.8 Å². The van der Waals surface area contributed by atoms with E-state index in [9.17, 15) is 0 Å². The van der Waals surface area contributed by atoms with Gasteiger partial charge in [-0.3, -0.25) is 4.90 Å². The fraction of sp³-hybridized carbons (Fsp3) is 0.217.